The summed E-state index contributed by atoms with van der Waals surface area (Å²) in [6.45, 7) is 1.25. The van der Waals surface area contributed by atoms with Crippen LogP contribution >= 0.6 is 0 Å². The third-order valence-corrected chi connectivity index (χ3v) is 4.49. The number of hydrogen-bond acceptors (Lipinski definition) is 6. The largest absolute Gasteiger partial charge is 0.341 e. The van der Waals surface area contributed by atoms with Crippen molar-refractivity contribution in [2.75, 3.05) is 13.1 Å². The molecule has 0 saturated carbocycles. The average molecular weight is 349 g/mol. The zero-order valence-electron chi connectivity index (χ0n) is 14.3. The minimum Gasteiger partial charge on any atom is -0.341 e. The summed E-state index contributed by atoms with van der Waals surface area (Å²) >= 11 is 0. The van der Waals surface area contributed by atoms with Gasteiger partial charge in [0.05, 0.1) is 5.92 Å². The first-order valence-electron chi connectivity index (χ1n) is 8.72. The minimum absolute atomic E-state index is 0.0954. The summed E-state index contributed by atoms with van der Waals surface area (Å²) in [5.74, 6) is 1.64. The predicted molar refractivity (Wildman–Crippen MR) is 94.0 cm³/mol. The molecule has 1 amide bonds. The predicted octanol–water partition coefficient (Wildman–Crippen LogP) is 2.48. The van der Waals surface area contributed by atoms with Gasteiger partial charge in [-0.15, -0.1) is 0 Å². The average Bonchev–Trinajstić information content (AvgIpc) is 3.12. The monoisotopic (exact) mass is 349 g/mol. The smallest absolute Gasteiger partial charge is 0.240 e. The summed E-state index contributed by atoms with van der Waals surface area (Å²) in [5.41, 5.74) is 1.27. The van der Waals surface area contributed by atoms with E-state index in [4.69, 9.17) is 4.52 Å². The van der Waals surface area contributed by atoms with Gasteiger partial charge < -0.3 is 9.42 Å². The fraction of sp³-hybridized carbons (Fsp3) is 0.316. The van der Waals surface area contributed by atoms with E-state index in [1.807, 2.05) is 23.1 Å². The van der Waals surface area contributed by atoms with Crippen molar-refractivity contribution in [2.45, 2.75) is 25.2 Å². The Morgan fingerprint density at radius 3 is 2.62 bits per heavy atom. The van der Waals surface area contributed by atoms with Crippen LogP contribution in [-0.4, -0.2) is 44.0 Å². The molecule has 1 aromatic carbocycles. The third kappa shape index (κ3) is 3.61. The Morgan fingerprint density at radius 2 is 1.85 bits per heavy atom. The van der Waals surface area contributed by atoms with E-state index < -0.39 is 0 Å². The van der Waals surface area contributed by atoms with Gasteiger partial charge in [0, 0.05) is 31.9 Å². The van der Waals surface area contributed by atoms with Crippen LogP contribution in [0.3, 0.4) is 0 Å². The van der Waals surface area contributed by atoms with Gasteiger partial charge in [-0.2, -0.15) is 4.98 Å². The number of benzene rings is 1. The van der Waals surface area contributed by atoms with Crippen LogP contribution in [0.15, 0.2) is 53.3 Å². The molecular formula is C19H19N5O2. The highest BCUT2D eigenvalue weighted by molar-refractivity contribution is 5.77. The summed E-state index contributed by atoms with van der Waals surface area (Å²) < 4.78 is 5.31. The van der Waals surface area contributed by atoms with Crippen LogP contribution in [0.25, 0.3) is 11.6 Å². The molecule has 7 nitrogen and oxygen atoms in total. The SMILES string of the molecule is O=C(CCCc1ccccc1)N1CC(c2nc(-c3ncccn3)no2)C1. The van der Waals surface area contributed by atoms with Crippen molar-refractivity contribution in [1.82, 2.24) is 25.0 Å². The third-order valence-electron chi connectivity index (χ3n) is 4.49. The maximum Gasteiger partial charge on any atom is 0.240 e. The quantitative estimate of drug-likeness (QED) is 0.680. The van der Waals surface area contributed by atoms with Crippen LogP contribution in [0.5, 0.6) is 0 Å². The van der Waals surface area contributed by atoms with Crippen LogP contribution in [0.1, 0.15) is 30.2 Å². The second kappa shape index (κ2) is 7.43. The maximum absolute atomic E-state index is 12.3. The molecule has 1 aliphatic rings. The molecule has 3 heterocycles. The van der Waals surface area contributed by atoms with E-state index in [9.17, 15) is 4.79 Å². The van der Waals surface area contributed by atoms with Crippen molar-refractivity contribution < 1.29 is 9.32 Å². The fourth-order valence-electron chi connectivity index (χ4n) is 2.99. The Hall–Kier alpha value is -3.09. The van der Waals surface area contributed by atoms with Crippen LogP contribution in [0.4, 0.5) is 0 Å². The Bertz CT molecular complexity index is 860. The number of rotatable bonds is 6. The number of likely N-dealkylation sites (tertiary alicyclic amines) is 1. The normalized spacial score (nSPS) is 14.2. The summed E-state index contributed by atoms with van der Waals surface area (Å²) in [6.07, 6.45) is 5.62. The number of aryl methyl sites for hydroxylation is 1. The Balaban J connectivity index is 1.25. The lowest BCUT2D eigenvalue weighted by molar-refractivity contribution is -0.136. The minimum atomic E-state index is 0.0954. The van der Waals surface area contributed by atoms with Crippen LogP contribution in [-0.2, 0) is 11.2 Å². The van der Waals surface area contributed by atoms with Gasteiger partial charge in [-0.1, -0.05) is 35.5 Å². The molecule has 3 aromatic rings. The Kier molecular flexibility index (Phi) is 4.68. The lowest BCUT2D eigenvalue weighted by Crippen LogP contribution is -2.48. The van der Waals surface area contributed by atoms with Gasteiger partial charge in [0.2, 0.25) is 23.4 Å². The van der Waals surface area contributed by atoms with Crippen molar-refractivity contribution in [3.05, 3.63) is 60.2 Å². The zero-order valence-corrected chi connectivity index (χ0v) is 14.3. The van der Waals surface area contributed by atoms with Gasteiger partial charge in [-0.25, -0.2) is 9.97 Å². The number of nitrogens with zero attached hydrogens (tertiary/aromatic N) is 5. The van der Waals surface area contributed by atoms with Crippen molar-refractivity contribution in [3.8, 4) is 11.6 Å². The summed E-state index contributed by atoms with van der Waals surface area (Å²) in [7, 11) is 0. The first-order valence-corrected chi connectivity index (χ1v) is 8.72. The summed E-state index contributed by atoms with van der Waals surface area (Å²) in [4.78, 5) is 26.7. The van der Waals surface area contributed by atoms with E-state index in [1.165, 1.54) is 5.56 Å². The molecule has 26 heavy (non-hydrogen) atoms. The Labute approximate surface area is 151 Å². The number of carbonyl (C=O) groups excluding carboxylic acids is 1. The van der Waals surface area contributed by atoms with Gasteiger partial charge in [-0.05, 0) is 24.5 Å². The molecule has 0 bridgehead atoms. The number of amides is 1. The summed E-state index contributed by atoms with van der Waals surface area (Å²) in [5, 5.41) is 3.93. The highest BCUT2D eigenvalue weighted by atomic mass is 16.5. The van der Waals surface area contributed by atoms with Gasteiger partial charge >= 0.3 is 0 Å². The molecule has 0 radical (unpaired) electrons. The van der Waals surface area contributed by atoms with Gasteiger partial charge in [0.15, 0.2) is 0 Å². The van der Waals surface area contributed by atoms with Crippen LogP contribution in [0.2, 0.25) is 0 Å². The molecule has 132 valence electrons. The number of hydrogen-bond donors (Lipinski definition) is 0. The highest BCUT2D eigenvalue weighted by Gasteiger charge is 2.35. The number of carbonyl (C=O) groups is 1. The van der Waals surface area contributed by atoms with E-state index in [1.54, 1.807) is 18.5 Å². The topological polar surface area (TPSA) is 85.0 Å². The first-order chi connectivity index (χ1) is 12.8. The fourth-order valence-corrected chi connectivity index (χ4v) is 2.99. The second-order valence-electron chi connectivity index (χ2n) is 6.36. The van der Waals surface area contributed by atoms with Crippen molar-refractivity contribution >= 4 is 5.91 Å². The van der Waals surface area contributed by atoms with Gasteiger partial charge in [0.25, 0.3) is 0 Å². The molecule has 7 heteroatoms. The van der Waals surface area contributed by atoms with Crippen LogP contribution in [0, 0.1) is 0 Å². The molecule has 0 unspecified atom stereocenters. The van der Waals surface area contributed by atoms with E-state index in [0.717, 1.165) is 12.8 Å². The highest BCUT2D eigenvalue weighted by Crippen LogP contribution is 2.27. The summed E-state index contributed by atoms with van der Waals surface area (Å²) in [6, 6.07) is 12.0. The van der Waals surface area contributed by atoms with Crippen molar-refractivity contribution in [2.24, 2.45) is 0 Å². The number of aromatic nitrogens is 4. The molecular weight excluding hydrogens is 330 g/mol. The maximum atomic E-state index is 12.3. The molecule has 1 saturated heterocycles. The zero-order chi connectivity index (χ0) is 17.8. The standard InChI is InChI=1S/C19H19N5O2/c25-16(9-4-8-14-6-2-1-3-7-14)24-12-15(13-24)19-22-18(23-26-19)17-20-10-5-11-21-17/h1-3,5-7,10-11,15H,4,8-9,12-13H2. The van der Waals surface area contributed by atoms with E-state index >= 15 is 0 Å². The molecule has 2 aromatic heterocycles. The second-order valence-corrected chi connectivity index (χ2v) is 6.36. The Morgan fingerprint density at radius 1 is 1.08 bits per heavy atom. The van der Waals surface area contributed by atoms with E-state index in [-0.39, 0.29) is 11.8 Å². The van der Waals surface area contributed by atoms with Crippen molar-refractivity contribution in [3.63, 3.8) is 0 Å². The first kappa shape index (κ1) is 16.4. The lowest BCUT2D eigenvalue weighted by Gasteiger charge is -2.37. The van der Waals surface area contributed by atoms with E-state index in [2.05, 4.69) is 32.2 Å². The van der Waals surface area contributed by atoms with Gasteiger partial charge in [-0.3, -0.25) is 4.79 Å². The van der Waals surface area contributed by atoms with Crippen molar-refractivity contribution in [1.29, 1.82) is 0 Å². The molecule has 0 atom stereocenters. The molecule has 1 fully saturated rings. The molecule has 4 rings (SSSR count). The van der Waals surface area contributed by atoms with Crippen LogP contribution < -0.4 is 0 Å². The molecule has 0 spiro atoms. The molecule has 0 N–H and O–H groups in total. The molecule has 1 aliphatic heterocycles. The van der Waals surface area contributed by atoms with Gasteiger partial charge in [0.1, 0.15) is 0 Å². The lowest BCUT2D eigenvalue weighted by atomic mass is 9.99. The molecule has 0 aliphatic carbocycles. The van der Waals surface area contributed by atoms with E-state index in [0.29, 0.717) is 37.0 Å².